The number of hydrogen-bond donors (Lipinski definition) is 0. The number of ether oxygens (including phenoxy) is 1. The Labute approximate surface area is 285 Å². The molecule has 0 fully saturated rings. The summed E-state index contributed by atoms with van der Waals surface area (Å²) >= 11 is 0. The van der Waals surface area contributed by atoms with Crippen LogP contribution in [0, 0.1) is 0 Å². The maximum absolute atomic E-state index is 7.35. The van der Waals surface area contributed by atoms with Crippen molar-refractivity contribution in [1.82, 2.24) is 0 Å². The molecule has 0 aromatic heterocycles. The van der Waals surface area contributed by atoms with E-state index in [0.29, 0.717) is 0 Å². The van der Waals surface area contributed by atoms with Gasteiger partial charge in [0.15, 0.2) is 0 Å². The first-order valence-corrected chi connectivity index (χ1v) is 18.0. The monoisotopic (exact) mass is 634 g/mol. The van der Waals surface area contributed by atoms with Crippen LogP contribution in [0.5, 0.6) is 0 Å². The molecule has 0 aliphatic heterocycles. The third-order valence-electron chi connectivity index (χ3n) is 9.57. The summed E-state index contributed by atoms with van der Waals surface area (Å²) < 4.78 is 7.35. The van der Waals surface area contributed by atoms with E-state index >= 15 is 0 Å². The molecule has 4 aromatic rings. The summed E-state index contributed by atoms with van der Waals surface area (Å²) in [6, 6.07) is 36.0. The molecule has 5 heteroatoms. The fourth-order valence-corrected chi connectivity index (χ4v) is 6.63. The van der Waals surface area contributed by atoms with Crippen LogP contribution in [0.1, 0.15) is 89.9 Å². The van der Waals surface area contributed by atoms with Crippen LogP contribution in [0.25, 0.3) is 0 Å². The molecule has 0 N–H and O–H groups in total. The van der Waals surface area contributed by atoms with Crippen LogP contribution >= 0.6 is 0 Å². The molecular formula is C42H58N4O. The van der Waals surface area contributed by atoms with Crippen molar-refractivity contribution >= 4 is 22.7 Å². The third kappa shape index (κ3) is 8.70. The Kier molecular flexibility index (Phi) is 13.6. The van der Waals surface area contributed by atoms with Crippen LogP contribution in [0.3, 0.4) is 0 Å². The molecule has 0 aliphatic carbocycles. The first-order valence-electron chi connectivity index (χ1n) is 18.0. The fraction of sp³-hybridized carbons (Fsp3) is 0.429. The summed E-state index contributed by atoms with van der Waals surface area (Å²) in [6.07, 6.45) is -0.497. The summed E-state index contributed by atoms with van der Waals surface area (Å²) in [5, 5.41) is 0. The highest BCUT2D eigenvalue weighted by Crippen LogP contribution is 2.38. The van der Waals surface area contributed by atoms with Crippen molar-refractivity contribution in [1.29, 1.82) is 0 Å². The Hall–Kier alpha value is -3.96. The van der Waals surface area contributed by atoms with E-state index in [-0.39, 0.29) is 12.2 Å². The minimum absolute atomic E-state index is 0.249. The summed E-state index contributed by atoms with van der Waals surface area (Å²) in [5.41, 5.74) is 9.58. The first kappa shape index (κ1) is 35.9. The zero-order valence-electron chi connectivity index (χ0n) is 30.2. The maximum atomic E-state index is 7.35. The van der Waals surface area contributed by atoms with Gasteiger partial charge < -0.3 is 24.3 Å². The normalized spacial score (nSPS) is 11.3. The Morgan fingerprint density at radius 1 is 0.319 bits per heavy atom. The molecule has 4 aromatic carbocycles. The minimum Gasteiger partial charge on any atom is -0.372 e. The van der Waals surface area contributed by atoms with Crippen molar-refractivity contribution in [2.75, 3.05) is 72.0 Å². The van der Waals surface area contributed by atoms with E-state index in [1.54, 1.807) is 0 Å². The fourth-order valence-electron chi connectivity index (χ4n) is 6.63. The van der Waals surface area contributed by atoms with E-state index in [0.717, 1.165) is 74.6 Å². The number of hydrogen-bond acceptors (Lipinski definition) is 5. The van der Waals surface area contributed by atoms with E-state index < -0.39 is 0 Å². The number of anilines is 4. The molecule has 0 radical (unpaired) electrons. The quantitative estimate of drug-likeness (QED) is 0.108. The van der Waals surface area contributed by atoms with E-state index in [2.05, 4.69) is 172 Å². The average Bonchev–Trinajstić information content (AvgIpc) is 3.12. The van der Waals surface area contributed by atoms with E-state index in [1.165, 1.54) is 22.7 Å². The molecule has 0 heterocycles. The molecule has 0 unspecified atom stereocenters. The lowest BCUT2D eigenvalue weighted by molar-refractivity contribution is 0.0309. The van der Waals surface area contributed by atoms with Crippen molar-refractivity contribution in [2.45, 2.75) is 67.6 Å². The number of rotatable bonds is 18. The molecule has 252 valence electrons. The van der Waals surface area contributed by atoms with E-state index in [4.69, 9.17) is 4.74 Å². The van der Waals surface area contributed by atoms with Gasteiger partial charge in [0.2, 0.25) is 0 Å². The Morgan fingerprint density at radius 2 is 0.489 bits per heavy atom. The molecular weight excluding hydrogens is 576 g/mol. The van der Waals surface area contributed by atoms with Gasteiger partial charge in [-0.1, -0.05) is 48.5 Å². The molecule has 5 nitrogen and oxygen atoms in total. The largest absolute Gasteiger partial charge is 0.372 e. The predicted octanol–water partition coefficient (Wildman–Crippen LogP) is 9.97. The molecule has 0 aliphatic rings. The summed E-state index contributed by atoms with van der Waals surface area (Å²) in [5.74, 6) is 0. The van der Waals surface area contributed by atoms with Crippen LogP contribution in [-0.2, 0) is 4.74 Å². The van der Waals surface area contributed by atoms with Gasteiger partial charge in [0.05, 0.1) is 0 Å². The summed E-state index contributed by atoms with van der Waals surface area (Å²) in [7, 11) is 0. The van der Waals surface area contributed by atoms with Crippen molar-refractivity contribution in [3.05, 3.63) is 119 Å². The van der Waals surface area contributed by atoms with Crippen LogP contribution in [0.2, 0.25) is 0 Å². The summed E-state index contributed by atoms with van der Waals surface area (Å²) in [6.45, 7) is 25.6. The predicted molar refractivity (Wildman–Crippen MR) is 205 cm³/mol. The lowest BCUT2D eigenvalue weighted by Crippen LogP contribution is -2.22. The Morgan fingerprint density at radius 3 is 0.638 bits per heavy atom. The van der Waals surface area contributed by atoms with Crippen LogP contribution < -0.4 is 19.6 Å². The smallest absolute Gasteiger partial charge is 0.109 e. The molecule has 4 rings (SSSR count). The second-order valence-corrected chi connectivity index (χ2v) is 12.0. The molecule has 0 amide bonds. The summed E-state index contributed by atoms with van der Waals surface area (Å²) in [4.78, 5) is 9.54. The van der Waals surface area contributed by atoms with Crippen molar-refractivity contribution in [2.24, 2.45) is 0 Å². The maximum Gasteiger partial charge on any atom is 0.109 e. The highest BCUT2D eigenvalue weighted by atomic mass is 16.5. The van der Waals surface area contributed by atoms with Gasteiger partial charge in [0, 0.05) is 75.1 Å². The zero-order chi connectivity index (χ0) is 33.8. The van der Waals surface area contributed by atoms with Gasteiger partial charge in [-0.15, -0.1) is 0 Å². The first-order chi connectivity index (χ1) is 22.9. The Bertz CT molecular complexity index is 1210. The molecule has 47 heavy (non-hydrogen) atoms. The highest BCUT2D eigenvalue weighted by Gasteiger charge is 2.24. The second-order valence-electron chi connectivity index (χ2n) is 12.0. The van der Waals surface area contributed by atoms with E-state index in [1.807, 2.05) is 0 Å². The molecule has 0 saturated heterocycles. The SMILES string of the molecule is CCN(CC)c1ccc(C(OC(c2ccc(N(CC)CC)cc2)c2ccc(N(CC)CC)cc2)c2ccc(N(CC)CC)cc2)cc1. The lowest BCUT2D eigenvalue weighted by atomic mass is 9.97. The lowest BCUT2D eigenvalue weighted by Gasteiger charge is -2.29. The van der Waals surface area contributed by atoms with Gasteiger partial charge in [-0.05, 0) is 126 Å². The van der Waals surface area contributed by atoms with E-state index in [9.17, 15) is 0 Å². The average molecular weight is 635 g/mol. The Balaban J connectivity index is 1.81. The van der Waals surface area contributed by atoms with Gasteiger partial charge in [-0.3, -0.25) is 0 Å². The number of benzene rings is 4. The van der Waals surface area contributed by atoms with Crippen LogP contribution in [0.15, 0.2) is 97.1 Å². The third-order valence-corrected chi connectivity index (χ3v) is 9.57. The van der Waals surface area contributed by atoms with Gasteiger partial charge in [0.1, 0.15) is 12.2 Å². The second kappa shape index (κ2) is 17.8. The van der Waals surface area contributed by atoms with Crippen LogP contribution in [-0.4, -0.2) is 52.4 Å². The van der Waals surface area contributed by atoms with Gasteiger partial charge in [0.25, 0.3) is 0 Å². The minimum atomic E-state index is -0.249. The molecule has 0 atom stereocenters. The van der Waals surface area contributed by atoms with Gasteiger partial charge >= 0.3 is 0 Å². The van der Waals surface area contributed by atoms with Gasteiger partial charge in [-0.25, -0.2) is 0 Å². The van der Waals surface area contributed by atoms with Crippen molar-refractivity contribution < 1.29 is 4.74 Å². The molecule has 0 bridgehead atoms. The molecule has 0 spiro atoms. The highest BCUT2D eigenvalue weighted by molar-refractivity contribution is 5.53. The zero-order valence-corrected chi connectivity index (χ0v) is 30.2. The van der Waals surface area contributed by atoms with Gasteiger partial charge in [-0.2, -0.15) is 0 Å². The van der Waals surface area contributed by atoms with Crippen LogP contribution in [0.4, 0.5) is 22.7 Å². The topological polar surface area (TPSA) is 22.2 Å². The molecule has 0 saturated carbocycles. The van der Waals surface area contributed by atoms with Crippen molar-refractivity contribution in [3.63, 3.8) is 0 Å². The standard InChI is InChI=1S/C42H58N4O/c1-9-43(10-2)37-25-17-33(18-26-37)41(34-19-27-38(28-20-34)44(11-3)12-4)47-42(35-21-29-39(30-22-35)45(13-5)14-6)36-23-31-40(32-24-36)46(15-7)16-8/h17-32,41-42H,9-16H2,1-8H3. The van der Waals surface area contributed by atoms with Crippen molar-refractivity contribution in [3.8, 4) is 0 Å². The number of nitrogens with zero attached hydrogens (tertiary/aromatic N) is 4.